The molecule has 3 saturated heterocycles. The highest BCUT2D eigenvalue weighted by molar-refractivity contribution is 8.13. The third-order valence-corrected chi connectivity index (χ3v) is 15.5. The first-order valence-corrected chi connectivity index (χ1v) is 33.8. The standard InChI is InChI=1S/C21H4.C13H16F3N3O2.C13H18F3N3.C8H5ClF3NO2.C8H6F3NO3.C6H5ClO2S.C5H12N2/c1-3-5-7-9-11-13-15-17-19-21-20-18-16-14-12-10-8-6-4-2;1-17-2-4-18(5-3-17)9-10-6-11(13(14,15)16)8-12(7-10)19(20)21;1-18-2-4-19(5-3-18)9-10-6-11(13(14,15)16)8-12(17)7-10;9-4-5-1-6(8(10,11)12)3-7(2-5)13(14)15;9-8(10,11)6-1-5(4-13)2-7(3-6)12(14)15;7-10(8,9)6-4-2-1-3-5-6;1-7-4-2-6-3-5-7/h1H,2H3;6-8H,2-5,9H2,1H3;6-8H,2-5,9,17H2,1H3;1-3H,4H2;1-3,13H,4H2;1-5H;6H,2-5H2,1H3. The topological polar surface area (TPSA) is 238 Å². The Hall–Kier alpha value is -10.9. The van der Waals surface area contributed by atoms with Gasteiger partial charge in [0.1, 0.15) is 0 Å². The molecule has 5 aromatic carbocycles. The molecule has 19 nitrogen and oxygen atoms in total. The zero-order chi connectivity index (χ0) is 81.1. The number of rotatable bonds is 10. The SMILES string of the molecule is C#CC#CC#CC#CC#CC#CC#CC#CC#CC#CC.CN1CCN(Cc2cc(N)cc(C(F)(F)F)c2)CC1.CN1CCN(Cc2cc([N+](=O)[O-])cc(C(F)(F)F)c2)CC1.CN1CCNCC1.O=S(=O)(Cl)c1ccccc1.O=[N+]([O-])c1cc(CCl)cc(C(F)(F)F)c1.O=[N+]([O-])c1cc(CO)cc(C(F)(F)F)c1. The van der Waals surface area contributed by atoms with Gasteiger partial charge >= 0.3 is 24.7 Å². The number of anilines is 1. The summed E-state index contributed by atoms with van der Waals surface area (Å²) in [6.07, 6.45) is -13.3. The van der Waals surface area contributed by atoms with Gasteiger partial charge in [-0.2, -0.15) is 52.7 Å². The molecule has 3 aliphatic heterocycles. The van der Waals surface area contributed by atoms with Gasteiger partial charge in [-0.15, -0.1) is 18.0 Å². The molecule has 0 aliphatic carbocycles. The van der Waals surface area contributed by atoms with Crippen molar-refractivity contribution in [3.63, 3.8) is 0 Å². The average molecular weight is 1570 g/mol. The minimum absolute atomic E-state index is 0.0678. The van der Waals surface area contributed by atoms with Crippen molar-refractivity contribution in [3.8, 4) is 119 Å². The Balaban J connectivity index is 0.000000437. The van der Waals surface area contributed by atoms with Crippen molar-refractivity contribution in [2.24, 2.45) is 0 Å². The highest BCUT2D eigenvalue weighted by atomic mass is 35.7. The lowest BCUT2D eigenvalue weighted by atomic mass is 10.1. The number of non-ortho nitro benzene ring substituents is 3. The second-order valence-corrected chi connectivity index (χ2v) is 25.0. The maximum absolute atomic E-state index is 12.8. The molecule has 3 heterocycles. The first-order chi connectivity index (χ1) is 50.7. The molecule has 0 atom stereocenters. The number of benzene rings is 5. The van der Waals surface area contributed by atoms with Crippen LogP contribution < -0.4 is 11.1 Å². The second-order valence-electron chi connectivity index (χ2n) is 22.2. The number of hydrogen-bond donors (Lipinski definition) is 3. The fraction of sp³-hybridized carbons (Fsp3) is 0.324. The van der Waals surface area contributed by atoms with Crippen molar-refractivity contribution in [3.05, 3.63) is 178 Å². The lowest BCUT2D eigenvalue weighted by Crippen LogP contribution is -2.43. The van der Waals surface area contributed by atoms with Crippen LogP contribution in [0.4, 0.5) is 75.4 Å². The number of aliphatic hydroxyl groups excluding tert-OH is 1. The van der Waals surface area contributed by atoms with E-state index in [0.717, 1.165) is 95.8 Å². The Morgan fingerprint density at radius 2 is 0.778 bits per heavy atom. The lowest BCUT2D eigenvalue weighted by molar-refractivity contribution is -0.385. The number of aliphatic hydroxyl groups is 1. The zero-order valence-corrected chi connectivity index (χ0v) is 60.1. The van der Waals surface area contributed by atoms with Crippen LogP contribution in [0.25, 0.3) is 0 Å². The summed E-state index contributed by atoms with van der Waals surface area (Å²) in [6.45, 7) is 13.3. The minimum Gasteiger partial charge on any atom is -0.399 e. The van der Waals surface area contributed by atoms with E-state index in [1.54, 1.807) is 31.2 Å². The molecule has 4 N–H and O–H groups in total. The van der Waals surface area contributed by atoms with E-state index in [9.17, 15) is 91.4 Å². The smallest absolute Gasteiger partial charge is 0.399 e. The molecule has 0 spiro atoms. The molecular formula is C74H66Cl2F12N10O9S. The van der Waals surface area contributed by atoms with Crippen molar-refractivity contribution in [1.29, 1.82) is 0 Å². The number of nitrogens with two attached hydrogens (primary N) is 1. The van der Waals surface area contributed by atoms with E-state index < -0.39 is 94.4 Å². The summed E-state index contributed by atoms with van der Waals surface area (Å²) in [5, 5.41) is 43.4. The number of piperazine rings is 3. The normalized spacial score (nSPS) is 13.4. The van der Waals surface area contributed by atoms with Crippen LogP contribution in [-0.4, -0.2) is 152 Å². The van der Waals surface area contributed by atoms with Crippen molar-refractivity contribution >= 4 is 54.1 Å². The second kappa shape index (κ2) is 47.6. The first kappa shape index (κ1) is 93.2. The van der Waals surface area contributed by atoms with Gasteiger partial charge < -0.3 is 30.9 Å². The molecule has 0 aromatic heterocycles. The zero-order valence-electron chi connectivity index (χ0n) is 57.8. The van der Waals surface area contributed by atoms with Gasteiger partial charge in [-0.05, 0) is 194 Å². The van der Waals surface area contributed by atoms with Crippen molar-refractivity contribution < 1.29 is 81.0 Å². The van der Waals surface area contributed by atoms with Gasteiger partial charge in [0.05, 0.1) is 48.5 Å². The van der Waals surface area contributed by atoms with Crippen LogP contribution in [0.15, 0.2) is 108 Å². The highest BCUT2D eigenvalue weighted by Gasteiger charge is 2.36. The molecule has 570 valence electrons. The van der Waals surface area contributed by atoms with E-state index in [0.29, 0.717) is 48.5 Å². The van der Waals surface area contributed by atoms with Crippen LogP contribution in [0, 0.1) is 149 Å². The van der Waals surface area contributed by atoms with Gasteiger partial charge in [0, 0.05) is 162 Å². The number of nitrogen functional groups attached to an aromatic ring is 1. The van der Waals surface area contributed by atoms with E-state index in [2.05, 4.69) is 144 Å². The summed E-state index contributed by atoms with van der Waals surface area (Å²) in [5.41, 5.74) is 0.932. The number of nitro benzene ring substituents is 3. The van der Waals surface area contributed by atoms with Gasteiger partial charge in [0.2, 0.25) is 0 Å². The van der Waals surface area contributed by atoms with Gasteiger partial charge in [0.15, 0.2) is 0 Å². The van der Waals surface area contributed by atoms with Gasteiger partial charge in [-0.3, -0.25) is 40.1 Å². The summed E-state index contributed by atoms with van der Waals surface area (Å²) < 4.78 is 171. The number of terminal acetylenes is 1. The Labute approximate surface area is 626 Å². The molecule has 0 amide bonds. The fourth-order valence-electron chi connectivity index (χ4n) is 8.52. The number of hydrogen-bond acceptors (Lipinski definition) is 16. The Morgan fingerprint density at radius 3 is 1.07 bits per heavy atom. The van der Waals surface area contributed by atoms with Gasteiger partial charge in [-0.25, -0.2) is 8.42 Å². The minimum atomic E-state index is -4.66. The molecule has 5 aromatic rings. The summed E-state index contributed by atoms with van der Waals surface area (Å²) in [4.78, 5) is 39.8. The third-order valence-electron chi connectivity index (χ3n) is 13.8. The van der Waals surface area contributed by atoms with Crippen LogP contribution in [0.5, 0.6) is 0 Å². The molecule has 0 saturated carbocycles. The predicted molar refractivity (Wildman–Crippen MR) is 386 cm³/mol. The van der Waals surface area contributed by atoms with Crippen LogP contribution in [0.1, 0.15) is 51.4 Å². The van der Waals surface area contributed by atoms with Crippen LogP contribution >= 0.6 is 22.3 Å². The van der Waals surface area contributed by atoms with E-state index in [4.69, 9.17) is 39.5 Å². The summed E-state index contributed by atoms with van der Waals surface area (Å²) >= 11 is 5.34. The molecule has 0 radical (unpaired) electrons. The Morgan fingerprint density at radius 1 is 0.472 bits per heavy atom. The number of nitro groups is 3. The lowest BCUT2D eigenvalue weighted by Gasteiger charge is -2.32. The largest absolute Gasteiger partial charge is 0.416 e. The van der Waals surface area contributed by atoms with E-state index in [1.807, 2.05) is 19.0 Å². The molecule has 8 rings (SSSR count). The third kappa shape index (κ3) is 40.0. The quantitative estimate of drug-likeness (QED) is 0.0224. The summed E-state index contributed by atoms with van der Waals surface area (Å²) in [5.74, 6) is 46.7. The molecule has 0 bridgehead atoms. The number of likely N-dealkylation sites (N-methyl/N-ethyl adjacent to an activating group) is 3. The first-order valence-electron chi connectivity index (χ1n) is 31.0. The van der Waals surface area contributed by atoms with Crippen LogP contribution in [0.3, 0.4) is 0 Å². The van der Waals surface area contributed by atoms with E-state index in [1.165, 1.54) is 37.4 Å². The number of nitrogens with zero attached hydrogens (tertiary/aromatic N) is 8. The highest BCUT2D eigenvalue weighted by Crippen LogP contribution is 2.36. The molecule has 0 unspecified atom stereocenters. The molecular weight excluding hydrogens is 1500 g/mol. The van der Waals surface area contributed by atoms with Gasteiger partial charge in [0.25, 0.3) is 26.1 Å². The number of halogens is 14. The maximum atomic E-state index is 12.8. The van der Waals surface area contributed by atoms with E-state index >= 15 is 0 Å². The number of nitrogens with one attached hydrogen (secondary N) is 1. The summed E-state index contributed by atoms with van der Waals surface area (Å²) in [7, 11) is 7.67. The van der Waals surface area contributed by atoms with E-state index in [-0.39, 0.29) is 27.6 Å². The molecule has 34 heteroatoms. The maximum Gasteiger partial charge on any atom is 0.416 e. The Bertz CT molecular complexity index is 4570. The predicted octanol–water partition coefficient (Wildman–Crippen LogP) is 11.7. The van der Waals surface area contributed by atoms with Crippen molar-refractivity contribution in [2.45, 2.75) is 62.1 Å². The molecule has 3 aliphatic rings. The molecule has 108 heavy (non-hydrogen) atoms. The molecule has 3 fully saturated rings. The van der Waals surface area contributed by atoms with Crippen molar-refractivity contribution in [2.75, 3.05) is 105 Å². The van der Waals surface area contributed by atoms with Gasteiger partial charge in [-0.1, -0.05) is 24.1 Å². The number of alkyl halides is 13. The van der Waals surface area contributed by atoms with Crippen LogP contribution in [-0.2, 0) is 59.3 Å². The summed E-state index contributed by atoms with van der Waals surface area (Å²) in [6, 6.07) is 18.7. The van der Waals surface area contributed by atoms with Crippen LogP contribution in [0.2, 0.25) is 0 Å². The monoisotopic (exact) mass is 1570 g/mol. The van der Waals surface area contributed by atoms with Crippen molar-refractivity contribution in [1.82, 2.24) is 29.8 Å². The average Bonchev–Trinajstić information content (AvgIpc) is 0.835. The fourth-order valence-corrected chi connectivity index (χ4v) is 9.46. The Kier molecular flexibility index (Phi) is 41.1.